The maximum absolute atomic E-state index is 5.47. The van der Waals surface area contributed by atoms with Crippen LogP contribution in [-0.4, -0.2) is 33.9 Å². The number of nitrogens with one attached hydrogen (secondary N) is 1. The van der Waals surface area contributed by atoms with Crippen LogP contribution in [-0.2, 0) is 0 Å². The van der Waals surface area contributed by atoms with E-state index in [0.29, 0.717) is 5.25 Å². The van der Waals surface area contributed by atoms with E-state index in [1.54, 1.807) is 0 Å². The minimum absolute atomic E-state index is 0.273. The zero-order valence-corrected chi connectivity index (χ0v) is 12.1. The van der Waals surface area contributed by atoms with Crippen molar-refractivity contribution in [2.75, 3.05) is 23.8 Å². The minimum atomic E-state index is 0.273. The molecule has 1 N–H and O–H groups in total. The van der Waals surface area contributed by atoms with Gasteiger partial charge in [0.1, 0.15) is 0 Å². The smallest absolute Gasteiger partial charge is 0.243 e. The van der Waals surface area contributed by atoms with Crippen LogP contribution in [0.1, 0.15) is 48.7 Å². The lowest BCUT2D eigenvalue weighted by atomic mass is 10.1. The summed E-state index contributed by atoms with van der Waals surface area (Å²) in [7, 11) is 0. The van der Waals surface area contributed by atoms with Crippen LogP contribution in [0.4, 0.5) is 0 Å². The predicted octanol–water partition coefficient (Wildman–Crippen LogP) is 2.80. The summed E-state index contributed by atoms with van der Waals surface area (Å²) >= 11 is 3.94. The molecular weight excluding hydrogens is 266 g/mol. The second-order valence-corrected chi connectivity index (χ2v) is 7.24. The molecule has 1 aromatic rings. The van der Waals surface area contributed by atoms with Crippen LogP contribution in [0.3, 0.4) is 0 Å². The summed E-state index contributed by atoms with van der Waals surface area (Å²) in [6.07, 6.45) is 4.93. The Hall–Kier alpha value is -0.200. The van der Waals surface area contributed by atoms with Crippen molar-refractivity contribution < 1.29 is 4.52 Å². The van der Waals surface area contributed by atoms with Crippen LogP contribution in [0.2, 0.25) is 0 Å². The summed E-state index contributed by atoms with van der Waals surface area (Å²) in [5.74, 6) is 5.25. The van der Waals surface area contributed by atoms with Crippen molar-refractivity contribution in [2.24, 2.45) is 0 Å². The molecule has 2 atom stereocenters. The zero-order valence-electron chi connectivity index (χ0n) is 10.4. The predicted molar refractivity (Wildman–Crippen MR) is 76.0 cm³/mol. The third-order valence-electron chi connectivity index (χ3n) is 3.42. The van der Waals surface area contributed by atoms with E-state index in [0.717, 1.165) is 30.4 Å². The average Bonchev–Trinajstić information content (AvgIpc) is 2.76. The van der Waals surface area contributed by atoms with E-state index in [-0.39, 0.29) is 6.04 Å². The molecule has 0 radical (unpaired) electrons. The Morgan fingerprint density at radius 2 is 2.22 bits per heavy atom. The number of hydrogen-bond acceptors (Lipinski definition) is 6. The van der Waals surface area contributed by atoms with Crippen LogP contribution in [0.25, 0.3) is 0 Å². The Morgan fingerprint density at radius 3 is 3.11 bits per heavy atom. The van der Waals surface area contributed by atoms with E-state index in [2.05, 4.69) is 15.5 Å². The molecule has 6 heteroatoms. The van der Waals surface area contributed by atoms with Crippen molar-refractivity contribution in [3.8, 4) is 0 Å². The van der Waals surface area contributed by atoms with Crippen molar-refractivity contribution in [1.82, 2.24) is 15.5 Å². The van der Waals surface area contributed by atoms with Gasteiger partial charge in [-0.05, 0) is 19.4 Å². The van der Waals surface area contributed by atoms with Gasteiger partial charge in [-0.2, -0.15) is 16.7 Å². The van der Waals surface area contributed by atoms with E-state index in [1.165, 1.54) is 30.8 Å². The molecule has 0 amide bonds. The summed E-state index contributed by atoms with van der Waals surface area (Å²) in [4.78, 5) is 4.62. The summed E-state index contributed by atoms with van der Waals surface area (Å²) in [6, 6.07) is 0.273. The maximum atomic E-state index is 5.47. The van der Waals surface area contributed by atoms with Crippen LogP contribution in [0.5, 0.6) is 0 Å². The molecule has 100 valence electrons. The van der Waals surface area contributed by atoms with Gasteiger partial charge in [0.15, 0.2) is 5.82 Å². The van der Waals surface area contributed by atoms with Crippen LogP contribution < -0.4 is 5.32 Å². The Labute approximate surface area is 116 Å². The standard InChI is InChI=1S/C12H19N3OS2/c1-2-4-9(13-5-3-1)12-14-11(15-16-12)10-8-17-6-7-18-10/h9-10,13H,1-8H2. The highest BCUT2D eigenvalue weighted by Crippen LogP contribution is 2.35. The fourth-order valence-corrected chi connectivity index (χ4v) is 4.98. The Balaban J connectivity index is 1.67. The van der Waals surface area contributed by atoms with Gasteiger partial charge < -0.3 is 9.84 Å². The number of aromatic nitrogens is 2. The minimum Gasteiger partial charge on any atom is -0.338 e. The molecule has 2 fully saturated rings. The number of hydrogen-bond donors (Lipinski definition) is 1. The van der Waals surface area contributed by atoms with Gasteiger partial charge in [0, 0.05) is 17.3 Å². The lowest BCUT2D eigenvalue weighted by Gasteiger charge is -2.17. The fourth-order valence-electron chi connectivity index (χ4n) is 2.40. The topological polar surface area (TPSA) is 51.0 Å². The summed E-state index contributed by atoms with van der Waals surface area (Å²) < 4.78 is 5.47. The molecule has 1 aromatic heterocycles. The summed E-state index contributed by atoms with van der Waals surface area (Å²) in [5.41, 5.74) is 0. The third kappa shape index (κ3) is 3.03. The first-order valence-electron chi connectivity index (χ1n) is 6.70. The van der Waals surface area contributed by atoms with E-state index in [4.69, 9.17) is 4.52 Å². The molecule has 3 rings (SSSR count). The molecule has 18 heavy (non-hydrogen) atoms. The molecule has 2 saturated heterocycles. The van der Waals surface area contributed by atoms with E-state index < -0.39 is 0 Å². The zero-order chi connectivity index (χ0) is 12.2. The van der Waals surface area contributed by atoms with Gasteiger partial charge in [0.05, 0.1) is 11.3 Å². The Kier molecular flexibility index (Phi) is 4.49. The Bertz CT molecular complexity index is 371. The lowest BCUT2D eigenvalue weighted by molar-refractivity contribution is 0.324. The quantitative estimate of drug-likeness (QED) is 0.902. The Morgan fingerprint density at radius 1 is 1.22 bits per heavy atom. The largest absolute Gasteiger partial charge is 0.338 e. The van der Waals surface area contributed by atoms with Gasteiger partial charge in [-0.3, -0.25) is 0 Å². The van der Waals surface area contributed by atoms with Gasteiger partial charge >= 0.3 is 0 Å². The van der Waals surface area contributed by atoms with Crippen LogP contribution >= 0.6 is 23.5 Å². The highest BCUT2D eigenvalue weighted by atomic mass is 32.2. The second-order valence-electron chi connectivity index (χ2n) is 4.78. The molecule has 0 bridgehead atoms. The molecule has 2 aliphatic heterocycles. The van der Waals surface area contributed by atoms with Crippen LogP contribution in [0, 0.1) is 0 Å². The van der Waals surface area contributed by atoms with Crippen molar-refractivity contribution in [2.45, 2.75) is 37.0 Å². The number of nitrogens with zero attached hydrogens (tertiary/aromatic N) is 2. The van der Waals surface area contributed by atoms with Gasteiger partial charge in [-0.25, -0.2) is 0 Å². The third-order valence-corrected chi connectivity index (χ3v) is 6.17. The van der Waals surface area contributed by atoms with Gasteiger partial charge in [-0.1, -0.05) is 18.0 Å². The normalized spacial score (nSPS) is 30.0. The van der Waals surface area contributed by atoms with Gasteiger partial charge in [0.2, 0.25) is 5.89 Å². The molecule has 0 aromatic carbocycles. The SMILES string of the molecule is C1CCNC(c2nc(C3CSCCS3)no2)CC1. The van der Waals surface area contributed by atoms with Gasteiger partial charge in [-0.15, -0.1) is 11.8 Å². The summed E-state index contributed by atoms with van der Waals surface area (Å²) in [5, 5.41) is 8.11. The van der Waals surface area contributed by atoms with Gasteiger partial charge in [0.25, 0.3) is 0 Å². The highest BCUT2D eigenvalue weighted by molar-refractivity contribution is 8.06. The van der Waals surface area contributed by atoms with E-state index in [9.17, 15) is 0 Å². The fraction of sp³-hybridized carbons (Fsp3) is 0.833. The van der Waals surface area contributed by atoms with E-state index in [1.807, 2.05) is 23.5 Å². The molecular formula is C12H19N3OS2. The first-order valence-corrected chi connectivity index (χ1v) is 8.90. The second kappa shape index (κ2) is 6.30. The molecule has 2 aliphatic rings. The molecule has 2 unspecified atom stereocenters. The van der Waals surface area contributed by atoms with Crippen LogP contribution in [0.15, 0.2) is 4.52 Å². The number of rotatable bonds is 2. The maximum Gasteiger partial charge on any atom is 0.243 e. The number of thioether (sulfide) groups is 2. The van der Waals surface area contributed by atoms with Crippen molar-refractivity contribution in [3.05, 3.63) is 11.7 Å². The lowest BCUT2D eigenvalue weighted by Crippen LogP contribution is -2.20. The van der Waals surface area contributed by atoms with Crippen molar-refractivity contribution >= 4 is 23.5 Å². The van der Waals surface area contributed by atoms with Crippen molar-refractivity contribution in [3.63, 3.8) is 0 Å². The molecule has 4 nitrogen and oxygen atoms in total. The first-order chi connectivity index (χ1) is 8.93. The summed E-state index contributed by atoms with van der Waals surface area (Å²) in [6.45, 7) is 1.07. The monoisotopic (exact) mass is 285 g/mol. The molecule has 0 aliphatic carbocycles. The van der Waals surface area contributed by atoms with E-state index >= 15 is 0 Å². The molecule has 0 saturated carbocycles. The highest BCUT2D eigenvalue weighted by Gasteiger charge is 2.25. The van der Waals surface area contributed by atoms with Crippen molar-refractivity contribution in [1.29, 1.82) is 0 Å². The first kappa shape index (κ1) is 12.8. The average molecular weight is 285 g/mol. The molecule has 0 spiro atoms. The molecule has 3 heterocycles.